The summed E-state index contributed by atoms with van der Waals surface area (Å²) >= 11 is 1.57. The summed E-state index contributed by atoms with van der Waals surface area (Å²) in [7, 11) is 0. The van der Waals surface area contributed by atoms with Crippen LogP contribution in [0.5, 0.6) is 11.5 Å². The molecule has 13 heteroatoms. The lowest BCUT2D eigenvalue weighted by Gasteiger charge is -2.25. The van der Waals surface area contributed by atoms with Crippen LogP contribution in [0.4, 0.5) is 0 Å². The molecule has 4 aromatic carbocycles. The van der Waals surface area contributed by atoms with E-state index in [2.05, 4.69) is 36.6 Å². The number of phenolic OH excluding ortho intramolecular Hbond substituents is 1. The molecule has 1 unspecified atom stereocenters. The second-order valence-corrected chi connectivity index (χ2v) is 14.2. The molecule has 0 saturated heterocycles. The molecule has 0 radical (unpaired) electrons. The van der Waals surface area contributed by atoms with Gasteiger partial charge < -0.3 is 24.8 Å². The molecular weight excluding hydrogens is 703 g/mol. The van der Waals surface area contributed by atoms with Crippen molar-refractivity contribution in [3.05, 3.63) is 118 Å². The smallest absolute Gasteiger partial charge is 0.326 e. The Morgan fingerprint density at radius 1 is 0.926 bits per heavy atom. The minimum Gasteiger partial charge on any atom is -0.508 e. The maximum Gasteiger partial charge on any atom is 0.326 e. The number of aromatic nitrogens is 6. The third-order valence-corrected chi connectivity index (χ3v) is 10.6. The number of carboxylic acids is 1. The first kappa shape index (κ1) is 34.7. The first-order valence-corrected chi connectivity index (χ1v) is 18.8. The highest BCUT2D eigenvalue weighted by molar-refractivity contribution is 7.08. The Kier molecular flexibility index (Phi) is 9.86. The zero-order valence-corrected chi connectivity index (χ0v) is 30.0. The number of amides is 1. The highest BCUT2D eigenvalue weighted by Crippen LogP contribution is 2.37. The number of thiophene rings is 1. The van der Waals surface area contributed by atoms with E-state index in [-0.39, 0.29) is 18.8 Å². The van der Waals surface area contributed by atoms with Crippen LogP contribution in [0.3, 0.4) is 0 Å². The monoisotopic (exact) mass is 739 g/mol. The van der Waals surface area contributed by atoms with Gasteiger partial charge in [-0.1, -0.05) is 37.5 Å². The van der Waals surface area contributed by atoms with E-state index >= 15 is 0 Å². The molecule has 0 bridgehead atoms. The van der Waals surface area contributed by atoms with Crippen LogP contribution in [0.2, 0.25) is 0 Å². The number of nitrogens with one attached hydrogen (secondary N) is 2. The number of rotatable bonds is 12. The van der Waals surface area contributed by atoms with Crippen molar-refractivity contribution in [3.63, 3.8) is 0 Å². The number of fused-ring (bicyclic) bond motifs is 1. The van der Waals surface area contributed by atoms with Crippen molar-refractivity contribution < 1.29 is 24.5 Å². The van der Waals surface area contributed by atoms with E-state index in [1.807, 2.05) is 59.3 Å². The number of tetrazole rings is 1. The molecule has 3 heterocycles. The SMILES string of the molecule is O=C(NC(Cc1ccc(O)cc1)C(=O)O)c1ccc(-c2ccsc2)c(COc2ccc(-c3nc4cc(-c5nn[nH]n5)ccc4n3C3CCCCC3)cc2)c1. The minimum atomic E-state index is -1.16. The quantitative estimate of drug-likeness (QED) is 0.0976. The van der Waals surface area contributed by atoms with Crippen LogP contribution in [-0.4, -0.2) is 58.3 Å². The van der Waals surface area contributed by atoms with E-state index in [9.17, 15) is 19.8 Å². The van der Waals surface area contributed by atoms with Crippen molar-refractivity contribution in [3.8, 4) is 45.4 Å². The summed E-state index contributed by atoms with van der Waals surface area (Å²) in [6.07, 6.45) is 5.90. The summed E-state index contributed by atoms with van der Waals surface area (Å²) in [6, 6.07) is 26.8. The zero-order chi connectivity index (χ0) is 37.0. The predicted molar refractivity (Wildman–Crippen MR) is 205 cm³/mol. The van der Waals surface area contributed by atoms with Crippen LogP contribution < -0.4 is 10.1 Å². The van der Waals surface area contributed by atoms with Crippen molar-refractivity contribution in [1.82, 2.24) is 35.5 Å². The lowest BCUT2D eigenvalue weighted by molar-refractivity contribution is -0.139. The molecule has 0 spiro atoms. The zero-order valence-electron chi connectivity index (χ0n) is 29.2. The summed E-state index contributed by atoms with van der Waals surface area (Å²) in [6.45, 7) is 0.182. The largest absolute Gasteiger partial charge is 0.508 e. The second kappa shape index (κ2) is 15.3. The van der Waals surface area contributed by atoms with Gasteiger partial charge in [0.15, 0.2) is 0 Å². The number of nitrogens with zero attached hydrogens (tertiary/aromatic N) is 5. The number of H-pyrrole nitrogens is 1. The van der Waals surface area contributed by atoms with E-state index in [0.29, 0.717) is 28.7 Å². The van der Waals surface area contributed by atoms with Crippen molar-refractivity contribution in [2.45, 2.75) is 57.2 Å². The fourth-order valence-electron chi connectivity index (χ4n) is 7.16. The second-order valence-electron chi connectivity index (χ2n) is 13.5. The van der Waals surface area contributed by atoms with Gasteiger partial charge in [0.1, 0.15) is 30.0 Å². The van der Waals surface area contributed by atoms with E-state index in [1.165, 1.54) is 31.4 Å². The number of aromatic hydroxyl groups is 1. The van der Waals surface area contributed by atoms with Gasteiger partial charge in [0, 0.05) is 29.2 Å². The van der Waals surface area contributed by atoms with Gasteiger partial charge in [-0.15, -0.1) is 10.2 Å². The molecule has 4 N–H and O–H groups in total. The molecule has 1 saturated carbocycles. The predicted octanol–water partition coefficient (Wildman–Crippen LogP) is 7.83. The minimum absolute atomic E-state index is 0.0680. The molecule has 1 aliphatic carbocycles. The van der Waals surface area contributed by atoms with E-state index in [4.69, 9.17) is 9.72 Å². The maximum atomic E-state index is 13.4. The number of aromatic amines is 1. The Labute approximate surface area is 314 Å². The van der Waals surface area contributed by atoms with E-state index < -0.39 is 17.9 Å². The highest BCUT2D eigenvalue weighted by atomic mass is 32.1. The summed E-state index contributed by atoms with van der Waals surface area (Å²) < 4.78 is 8.72. The molecule has 1 fully saturated rings. The Balaban J connectivity index is 1.03. The molecule has 8 rings (SSSR count). The molecule has 12 nitrogen and oxygen atoms in total. The molecule has 3 aromatic heterocycles. The number of aliphatic carboxylic acids is 1. The summed E-state index contributed by atoms with van der Waals surface area (Å²) in [5, 5.41) is 40.7. The first-order valence-electron chi connectivity index (χ1n) is 17.9. The number of ether oxygens (including phenoxy) is 1. The number of hydrogen-bond acceptors (Lipinski definition) is 9. The number of benzene rings is 4. The number of imidazole rings is 1. The molecule has 54 heavy (non-hydrogen) atoms. The van der Waals surface area contributed by atoms with Crippen LogP contribution >= 0.6 is 11.3 Å². The van der Waals surface area contributed by atoms with Crippen LogP contribution in [-0.2, 0) is 17.8 Å². The van der Waals surface area contributed by atoms with E-state index in [0.717, 1.165) is 57.5 Å². The van der Waals surface area contributed by atoms with Gasteiger partial charge in [-0.2, -0.15) is 16.6 Å². The average molecular weight is 740 g/mol. The Hall–Kier alpha value is -6.34. The fourth-order valence-corrected chi connectivity index (χ4v) is 7.81. The van der Waals surface area contributed by atoms with E-state index in [1.54, 1.807) is 35.6 Å². The molecule has 1 aliphatic rings. The number of carboxylic acid groups (broad SMARTS) is 1. The van der Waals surface area contributed by atoms with Gasteiger partial charge in [0.05, 0.1) is 11.0 Å². The number of carbonyl (C=O) groups is 2. The van der Waals surface area contributed by atoms with Crippen LogP contribution in [0, 0.1) is 0 Å². The number of hydrogen-bond donors (Lipinski definition) is 4. The molecule has 272 valence electrons. The molecule has 1 atom stereocenters. The maximum absolute atomic E-state index is 13.4. The van der Waals surface area contributed by atoms with Crippen molar-refractivity contribution in [2.75, 3.05) is 0 Å². The first-order chi connectivity index (χ1) is 26.4. The van der Waals surface area contributed by atoms with Gasteiger partial charge >= 0.3 is 5.97 Å². The van der Waals surface area contributed by atoms with Gasteiger partial charge in [-0.05, 0) is 124 Å². The summed E-state index contributed by atoms with van der Waals surface area (Å²) in [5.41, 5.74) is 7.47. The van der Waals surface area contributed by atoms with Gasteiger partial charge in [-0.25, -0.2) is 9.78 Å². The molecule has 7 aromatic rings. The average Bonchev–Trinajstić information content (AvgIpc) is 4.00. The Morgan fingerprint density at radius 2 is 1.72 bits per heavy atom. The number of phenols is 1. The lowest BCUT2D eigenvalue weighted by atomic mass is 9.95. The summed E-state index contributed by atoms with van der Waals surface area (Å²) in [4.78, 5) is 30.6. The molecule has 0 aliphatic heterocycles. The molecule has 1 amide bonds. The third-order valence-electron chi connectivity index (χ3n) is 9.92. The molecular formula is C41H37N7O5S. The van der Waals surface area contributed by atoms with Crippen molar-refractivity contribution >= 4 is 34.2 Å². The number of carbonyl (C=O) groups excluding carboxylic acids is 1. The Morgan fingerprint density at radius 3 is 2.44 bits per heavy atom. The third kappa shape index (κ3) is 7.44. The van der Waals surface area contributed by atoms with Crippen LogP contribution in [0.25, 0.3) is 44.9 Å². The highest BCUT2D eigenvalue weighted by Gasteiger charge is 2.24. The van der Waals surface area contributed by atoms with Crippen molar-refractivity contribution in [1.29, 1.82) is 0 Å². The summed E-state index contributed by atoms with van der Waals surface area (Å²) in [5.74, 6) is 0.506. The van der Waals surface area contributed by atoms with Gasteiger partial charge in [0.2, 0.25) is 5.82 Å². The van der Waals surface area contributed by atoms with Crippen LogP contribution in [0.1, 0.15) is 59.6 Å². The van der Waals surface area contributed by atoms with Gasteiger partial charge in [-0.3, -0.25) is 4.79 Å². The van der Waals surface area contributed by atoms with Crippen molar-refractivity contribution in [2.24, 2.45) is 0 Å². The topological polar surface area (TPSA) is 168 Å². The standard InChI is InChI=1S/C41H37N7O5S/c49-32-12-6-25(7-13-32)20-36(41(51)52)43-40(50)28-10-16-34(29-18-19-54-24-29)30(21-28)23-53-33-14-8-26(9-15-33)39-42-35-22-27(38-44-46-47-45-38)11-17-37(35)48(39)31-4-2-1-3-5-31/h6-19,21-22,24,31,36,49H,1-5,20,23H2,(H,43,50)(H,51,52)(H,44,45,46,47). The normalized spacial score (nSPS) is 13.9. The fraction of sp³-hybridized carbons (Fsp3) is 0.220. The van der Waals surface area contributed by atoms with Crippen LogP contribution in [0.15, 0.2) is 102 Å². The Bertz CT molecular complexity index is 2390. The van der Waals surface area contributed by atoms with Gasteiger partial charge in [0.25, 0.3) is 5.91 Å². The lowest BCUT2D eigenvalue weighted by Crippen LogP contribution is -2.42.